The molecule has 2 aromatic heterocycles. The second-order valence-electron chi connectivity index (χ2n) is 3.82. The van der Waals surface area contributed by atoms with Crippen molar-refractivity contribution >= 4 is 56.1 Å². The zero-order valence-corrected chi connectivity index (χ0v) is 12.0. The van der Waals surface area contributed by atoms with Crippen LogP contribution >= 0.6 is 34.3 Å². The molecule has 2 nitrogen and oxygen atoms in total. The molecule has 0 unspecified atom stereocenters. The quantitative estimate of drug-likeness (QED) is 0.619. The van der Waals surface area contributed by atoms with Gasteiger partial charge in [-0.05, 0) is 35.7 Å². The number of aromatic nitrogens is 1. The minimum atomic E-state index is 0.583. The highest BCUT2D eigenvalue weighted by Crippen LogP contribution is 2.30. The summed E-state index contributed by atoms with van der Waals surface area (Å²) in [6.45, 7) is 0. The molecule has 3 rings (SSSR count). The smallest absolute Gasteiger partial charge is 0.135 e. The lowest BCUT2D eigenvalue weighted by Crippen LogP contribution is -1.78. The summed E-state index contributed by atoms with van der Waals surface area (Å²) in [5, 5.41) is 12.7. The number of nitriles is 1. The largest absolute Gasteiger partial charge is 0.235 e. The summed E-state index contributed by atoms with van der Waals surface area (Å²) in [5.41, 5.74) is 1.42. The average molecular weight is 303 g/mol. The topological polar surface area (TPSA) is 36.7 Å². The first-order valence-corrected chi connectivity index (χ1v) is 7.55. The Labute approximate surface area is 123 Å². The summed E-state index contributed by atoms with van der Waals surface area (Å²) in [6.07, 6.45) is 1.87. The lowest BCUT2D eigenvalue weighted by Gasteiger charge is -1.90. The maximum absolute atomic E-state index is 9.28. The monoisotopic (exact) mass is 302 g/mol. The Kier molecular flexibility index (Phi) is 3.34. The third kappa shape index (κ3) is 2.54. The molecule has 0 N–H and O–H groups in total. The van der Waals surface area contributed by atoms with Gasteiger partial charge in [0.25, 0.3) is 0 Å². The summed E-state index contributed by atoms with van der Waals surface area (Å²) in [4.78, 5) is 5.52. The van der Waals surface area contributed by atoms with Gasteiger partial charge in [-0.3, -0.25) is 0 Å². The van der Waals surface area contributed by atoms with Crippen molar-refractivity contribution in [3.05, 3.63) is 50.6 Å². The van der Waals surface area contributed by atoms with E-state index in [0.717, 1.165) is 20.1 Å². The van der Waals surface area contributed by atoms with Crippen molar-refractivity contribution < 1.29 is 0 Å². The minimum Gasteiger partial charge on any atom is -0.235 e. The van der Waals surface area contributed by atoms with Crippen LogP contribution in [0.4, 0.5) is 0 Å². The van der Waals surface area contributed by atoms with E-state index >= 15 is 0 Å². The van der Waals surface area contributed by atoms with Gasteiger partial charge in [0.05, 0.1) is 15.8 Å². The highest BCUT2D eigenvalue weighted by atomic mass is 35.5. The molecule has 92 valence electrons. The number of fused-ring (bicyclic) bond motifs is 1. The van der Waals surface area contributed by atoms with E-state index < -0.39 is 0 Å². The molecule has 19 heavy (non-hydrogen) atoms. The van der Waals surface area contributed by atoms with Crippen LogP contribution in [0.25, 0.3) is 21.9 Å². The van der Waals surface area contributed by atoms with Gasteiger partial charge in [0, 0.05) is 9.90 Å². The second-order valence-corrected chi connectivity index (χ2v) is 6.26. The molecule has 0 spiro atoms. The van der Waals surface area contributed by atoms with Gasteiger partial charge in [0.2, 0.25) is 0 Å². The molecule has 0 aliphatic rings. The molecule has 0 amide bonds. The average Bonchev–Trinajstić information content (AvgIpc) is 3.03. The van der Waals surface area contributed by atoms with E-state index in [1.54, 1.807) is 11.3 Å². The Morgan fingerprint density at radius 1 is 1.37 bits per heavy atom. The molecule has 0 atom stereocenters. The molecule has 0 saturated heterocycles. The number of nitrogens with zero attached hydrogens (tertiary/aromatic N) is 2. The van der Waals surface area contributed by atoms with Gasteiger partial charge in [-0.25, -0.2) is 4.98 Å². The van der Waals surface area contributed by atoms with Crippen LogP contribution in [0, 0.1) is 11.3 Å². The van der Waals surface area contributed by atoms with Crippen molar-refractivity contribution in [2.75, 3.05) is 0 Å². The summed E-state index contributed by atoms with van der Waals surface area (Å²) in [6, 6.07) is 11.7. The molecule has 2 heterocycles. The Balaban J connectivity index is 2.10. The maximum atomic E-state index is 9.28. The van der Waals surface area contributed by atoms with Crippen molar-refractivity contribution in [2.45, 2.75) is 0 Å². The maximum Gasteiger partial charge on any atom is 0.135 e. The summed E-state index contributed by atoms with van der Waals surface area (Å²) < 4.78 is 1.03. The minimum absolute atomic E-state index is 0.583. The van der Waals surface area contributed by atoms with Gasteiger partial charge in [-0.2, -0.15) is 5.26 Å². The molecular formula is C14H7ClN2S2. The van der Waals surface area contributed by atoms with E-state index in [2.05, 4.69) is 11.1 Å². The third-order valence-corrected chi connectivity index (χ3v) is 4.65. The van der Waals surface area contributed by atoms with E-state index in [1.165, 1.54) is 11.3 Å². The molecule has 1 aromatic carbocycles. The van der Waals surface area contributed by atoms with Gasteiger partial charge in [-0.1, -0.05) is 17.7 Å². The summed E-state index contributed by atoms with van der Waals surface area (Å²) >= 11 is 9.05. The van der Waals surface area contributed by atoms with E-state index in [-0.39, 0.29) is 0 Å². The van der Waals surface area contributed by atoms with E-state index in [0.29, 0.717) is 10.6 Å². The highest BCUT2D eigenvalue weighted by Gasteiger charge is 2.09. The Hall–Kier alpha value is -1.67. The molecule has 0 fully saturated rings. The molecule has 5 heteroatoms. The number of halogens is 1. The van der Waals surface area contributed by atoms with Gasteiger partial charge in [0.1, 0.15) is 11.1 Å². The SMILES string of the molecule is N#C/C(=C\c1cccs1)c1nc2cc(Cl)ccc2s1. The molecule has 0 aliphatic heterocycles. The fourth-order valence-electron chi connectivity index (χ4n) is 1.67. The lowest BCUT2D eigenvalue weighted by molar-refractivity contribution is 1.44. The molecule has 3 aromatic rings. The van der Waals surface area contributed by atoms with Crippen LogP contribution in [-0.2, 0) is 0 Å². The molecule has 0 saturated carbocycles. The third-order valence-electron chi connectivity index (χ3n) is 2.53. The Morgan fingerprint density at radius 2 is 2.26 bits per heavy atom. The van der Waals surface area contributed by atoms with Crippen LogP contribution < -0.4 is 0 Å². The van der Waals surface area contributed by atoms with Crippen molar-refractivity contribution in [1.82, 2.24) is 4.98 Å². The molecule has 0 aliphatic carbocycles. The van der Waals surface area contributed by atoms with Crippen LogP contribution in [-0.4, -0.2) is 4.98 Å². The van der Waals surface area contributed by atoms with Gasteiger partial charge < -0.3 is 0 Å². The van der Waals surface area contributed by atoms with Crippen LogP contribution in [0.2, 0.25) is 5.02 Å². The fourth-order valence-corrected chi connectivity index (χ4v) is 3.41. The number of hydrogen-bond donors (Lipinski definition) is 0. The first kappa shape index (κ1) is 12.4. The van der Waals surface area contributed by atoms with Crippen molar-refractivity contribution in [3.8, 4) is 6.07 Å². The second kappa shape index (κ2) is 5.14. The normalized spacial score (nSPS) is 11.7. The van der Waals surface area contributed by atoms with Crippen molar-refractivity contribution in [3.63, 3.8) is 0 Å². The summed E-state index contributed by atoms with van der Waals surface area (Å²) in [5.74, 6) is 0. The predicted octanol–water partition coefficient (Wildman–Crippen LogP) is 5.08. The van der Waals surface area contributed by atoms with E-state index in [9.17, 15) is 5.26 Å². The Morgan fingerprint density at radius 3 is 3.00 bits per heavy atom. The number of hydrogen-bond acceptors (Lipinski definition) is 4. The van der Waals surface area contributed by atoms with E-state index in [1.807, 2.05) is 41.8 Å². The molecular weight excluding hydrogens is 296 g/mol. The molecule has 0 radical (unpaired) electrons. The zero-order chi connectivity index (χ0) is 13.2. The van der Waals surface area contributed by atoms with Crippen LogP contribution in [0.15, 0.2) is 35.7 Å². The van der Waals surface area contributed by atoms with E-state index in [4.69, 9.17) is 11.6 Å². The zero-order valence-electron chi connectivity index (χ0n) is 9.63. The summed E-state index contributed by atoms with van der Waals surface area (Å²) in [7, 11) is 0. The Bertz CT molecular complexity index is 795. The fraction of sp³-hybridized carbons (Fsp3) is 0. The first-order valence-electron chi connectivity index (χ1n) is 5.48. The number of thiophene rings is 1. The predicted molar refractivity (Wildman–Crippen MR) is 82.4 cm³/mol. The first-order chi connectivity index (χ1) is 9.26. The van der Waals surface area contributed by atoms with Gasteiger partial charge >= 0.3 is 0 Å². The van der Waals surface area contributed by atoms with Crippen molar-refractivity contribution in [2.24, 2.45) is 0 Å². The number of benzene rings is 1. The number of thiazole rings is 1. The molecule has 0 bridgehead atoms. The standard InChI is InChI=1S/C14H7ClN2S2/c15-10-3-4-13-12(7-10)17-14(19-13)9(8-16)6-11-2-1-5-18-11/h1-7H/b9-6+. The highest BCUT2D eigenvalue weighted by molar-refractivity contribution is 7.19. The van der Waals surface area contributed by atoms with Gasteiger partial charge in [-0.15, -0.1) is 22.7 Å². The number of allylic oxidation sites excluding steroid dienone is 1. The van der Waals surface area contributed by atoms with Crippen LogP contribution in [0.3, 0.4) is 0 Å². The van der Waals surface area contributed by atoms with Crippen LogP contribution in [0.5, 0.6) is 0 Å². The van der Waals surface area contributed by atoms with Crippen LogP contribution in [0.1, 0.15) is 9.88 Å². The van der Waals surface area contributed by atoms with Gasteiger partial charge in [0.15, 0.2) is 0 Å². The number of rotatable bonds is 2. The lowest BCUT2D eigenvalue weighted by atomic mass is 10.2. The van der Waals surface area contributed by atoms with Crippen molar-refractivity contribution in [1.29, 1.82) is 5.26 Å².